The molecule has 0 unspecified atom stereocenters. The molecule has 21 heavy (non-hydrogen) atoms. The number of nitrogens with one attached hydrogen (secondary N) is 1. The zero-order valence-corrected chi connectivity index (χ0v) is 13.5. The second-order valence-corrected chi connectivity index (χ2v) is 6.35. The number of aromatic nitrogens is 1. The van der Waals surface area contributed by atoms with Gasteiger partial charge in [-0.3, -0.25) is 4.98 Å². The first-order valence-corrected chi connectivity index (χ1v) is 7.28. The average molecular weight is 284 g/mol. The van der Waals surface area contributed by atoms with Crippen LogP contribution in [-0.4, -0.2) is 12.0 Å². The summed E-state index contributed by atoms with van der Waals surface area (Å²) in [5.74, 6) is 1.69. The Kier molecular flexibility index (Phi) is 4.63. The number of aryl methyl sites for hydroxylation is 1. The van der Waals surface area contributed by atoms with Gasteiger partial charge in [0.2, 0.25) is 0 Å². The molecule has 0 aliphatic carbocycles. The molecule has 0 amide bonds. The third kappa shape index (κ3) is 3.82. The van der Waals surface area contributed by atoms with Crippen molar-refractivity contribution in [3.05, 3.63) is 53.3 Å². The van der Waals surface area contributed by atoms with Gasteiger partial charge in [0, 0.05) is 18.3 Å². The van der Waals surface area contributed by atoms with Crippen LogP contribution in [-0.2, 0) is 12.0 Å². The molecule has 0 saturated heterocycles. The summed E-state index contributed by atoms with van der Waals surface area (Å²) < 4.78 is 6.06. The summed E-state index contributed by atoms with van der Waals surface area (Å²) in [6.07, 6.45) is 3.55. The molecule has 1 heterocycles. The Balaban J connectivity index is 2.28. The van der Waals surface area contributed by atoms with Crippen molar-refractivity contribution >= 4 is 0 Å². The molecule has 0 atom stereocenters. The molecule has 0 fully saturated rings. The van der Waals surface area contributed by atoms with Crippen molar-refractivity contribution in [3.8, 4) is 11.5 Å². The minimum Gasteiger partial charge on any atom is -0.455 e. The van der Waals surface area contributed by atoms with E-state index in [0.29, 0.717) is 0 Å². The second kappa shape index (κ2) is 6.27. The number of ether oxygens (including phenoxy) is 1. The van der Waals surface area contributed by atoms with E-state index >= 15 is 0 Å². The van der Waals surface area contributed by atoms with E-state index in [-0.39, 0.29) is 5.41 Å². The van der Waals surface area contributed by atoms with Gasteiger partial charge >= 0.3 is 0 Å². The lowest BCUT2D eigenvalue weighted by Gasteiger charge is -2.21. The van der Waals surface area contributed by atoms with Crippen molar-refractivity contribution in [2.24, 2.45) is 0 Å². The van der Waals surface area contributed by atoms with Gasteiger partial charge in [0.25, 0.3) is 0 Å². The maximum Gasteiger partial charge on any atom is 0.150 e. The minimum absolute atomic E-state index is 0.148. The topological polar surface area (TPSA) is 34.2 Å². The summed E-state index contributed by atoms with van der Waals surface area (Å²) in [6.45, 7) is 9.49. The highest BCUT2D eigenvalue weighted by molar-refractivity contribution is 5.42. The van der Waals surface area contributed by atoms with Crippen molar-refractivity contribution in [2.45, 2.75) is 39.7 Å². The molecule has 1 N–H and O–H groups in total. The number of benzene rings is 1. The highest BCUT2D eigenvalue weighted by Crippen LogP contribution is 2.31. The maximum absolute atomic E-state index is 6.06. The molecular formula is C18H24N2O. The molecule has 2 rings (SSSR count). The Morgan fingerprint density at radius 1 is 1.14 bits per heavy atom. The Bertz CT molecular complexity index is 615. The van der Waals surface area contributed by atoms with Crippen molar-refractivity contribution in [1.29, 1.82) is 0 Å². The first-order chi connectivity index (χ1) is 9.91. The fourth-order valence-electron chi connectivity index (χ4n) is 2.19. The van der Waals surface area contributed by atoms with Crippen LogP contribution in [0.5, 0.6) is 11.5 Å². The van der Waals surface area contributed by atoms with Crippen molar-refractivity contribution in [1.82, 2.24) is 10.3 Å². The third-order valence-electron chi connectivity index (χ3n) is 3.50. The van der Waals surface area contributed by atoms with Crippen LogP contribution >= 0.6 is 0 Å². The van der Waals surface area contributed by atoms with Crippen LogP contribution in [0.25, 0.3) is 0 Å². The minimum atomic E-state index is 0.148. The van der Waals surface area contributed by atoms with E-state index in [1.807, 2.05) is 19.2 Å². The lowest BCUT2D eigenvalue weighted by molar-refractivity contribution is 0.467. The normalized spacial score (nSPS) is 11.5. The Labute approximate surface area is 127 Å². The predicted octanol–water partition coefficient (Wildman–Crippen LogP) is 4.20. The van der Waals surface area contributed by atoms with Gasteiger partial charge in [0.1, 0.15) is 11.5 Å². The summed E-state index contributed by atoms with van der Waals surface area (Å²) in [6, 6.07) is 8.36. The van der Waals surface area contributed by atoms with E-state index in [1.165, 1.54) is 5.56 Å². The molecule has 0 radical (unpaired) electrons. The van der Waals surface area contributed by atoms with Crippen molar-refractivity contribution < 1.29 is 4.74 Å². The van der Waals surface area contributed by atoms with Crippen LogP contribution in [0.4, 0.5) is 0 Å². The largest absolute Gasteiger partial charge is 0.455 e. The molecular weight excluding hydrogens is 260 g/mol. The fourth-order valence-corrected chi connectivity index (χ4v) is 2.19. The summed E-state index contributed by atoms with van der Waals surface area (Å²) in [4.78, 5) is 4.16. The fraction of sp³-hybridized carbons (Fsp3) is 0.389. The Morgan fingerprint density at radius 2 is 1.90 bits per heavy atom. The Hall–Kier alpha value is -1.87. The molecule has 0 bridgehead atoms. The zero-order valence-electron chi connectivity index (χ0n) is 13.5. The summed E-state index contributed by atoms with van der Waals surface area (Å²) in [5.41, 5.74) is 3.71. The first kappa shape index (κ1) is 15.5. The number of hydrogen-bond acceptors (Lipinski definition) is 3. The zero-order chi connectivity index (χ0) is 15.5. The smallest absolute Gasteiger partial charge is 0.150 e. The molecule has 1 aromatic heterocycles. The van der Waals surface area contributed by atoms with Gasteiger partial charge in [-0.15, -0.1) is 0 Å². The molecule has 0 aliphatic rings. The van der Waals surface area contributed by atoms with Gasteiger partial charge in [-0.2, -0.15) is 0 Å². The van der Waals surface area contributed by atoms with Gasteiger partial charge in [-0.1, -0.05) is 32.9 Å². The molecule has 0 saturated carbocycles. The SMILES string of the molecule is CNCc1ccncc1Oc1ccc(C(C)(C)C)cc1C. The number of nitrogens with zero attached hydrogens (tertiary/aromatic N) is 1. The molecule has 112 valence electrons. The molecule has 0 spiro atoms. The van der Waals surface area contributed by atoms with Crippen LogP contribution in [0.15, 0.2) is 36.7 Å². The summed E-state index contributed by atoms with van der Waals surface area (Å²) in [5, 5.41) is 3.15. The van der Waals surface area contributed by atoms with Gasteiger partial charge < -0.3 is 10.1 Å². The lowest BCUT2D eigenvalue weighted by atomic mass is 9.86. The van der Waals surface area contributed by atoms with E-state index < -0.39 is 0 Å². The highest BCUT2D eigenvalue weighted by Gasteiger charge is 2.15. The molecule has 0 aliphatic heterocycles. The van der Waals surface area contributed by atoms with E-state index in [9.17, 15) is 0 Å². The number of pyridine rings is 1. The van der Waals surface area contributed by atoms with Crippen LogP contribution in [0.1, 0.15) is 37.5 Å². The quantitative estimate of drug-likeness (QED) is 0.913. The van der Waals surface area contributed by atoms with Crippen LogP contribution in [0.2, 0.25) is 0 Å². The summed E-state index contributed by atoms with van der Waals surface area (Å²) >= 11 is 0. The van der Waals surface area contributed by atoms with E-state index in [4.69, 9.17) is 4.74 Å². The standard InChI is InChI=1S/C18H24N2O/c1-13-10-15(18(2,3)4)6-7-16(13)21-17-12-20-9-8-14(17)11-19-5/h6-10,12,19H,11H2,1-5H3. The van der Waals surface area contributed by atoms with Crippen molar-refractivity contribution in [3.63, 3.8) is 0 Å². The lowest BCUT2D eigenvalue weighted by Crippen LogP contribution is -2.11. The van der Waals surface area contributed by atoms with E-state index in [0.717, 1.165) is 29.2 Å². The third-order valence-corrected chi connectivity index (χ3v) is 3.50. The van der Waals surface area contributed by atoms with E-state index in [1.54, 1.807) is 12.4 Å². The number of hydrogen-bond donors (Lipinski definition) is 1. The van der Waals surface area contributed by atoms with Gasteiger partial charge in [0.15, 0.2) is 0 Å². The maximum atomic E-state index is 6.06. The van der Waals surface area contributed by atoms with E-state index in [2.05, 4.69) is 50.1 Å². The monoisotopic (exact) mass is 284 g/mol. The second-order valence-electron chi connectivity index (χ2n) is 6.35. The Morgan fingerprint density at radius 3 is 2.52 bits per heavy atom. The summed E-state index contributed by atoms with van der Waals surface area (Å²) in [7, 11) is 1.92. The average Bonchev–Trinajstić information content (AvgIpc) is 2.42. The predicted molar refractivity (Wildman–Crippen MR) is 87.0 cm³/mol. The van der Waals surface area contributed by atoms with Crippen LogP contribution in [0, 0.1) is 6.92 Å². The van der Waals surface area contributed by atoms with Crippen molar-refractivity contribution in [2.75, 3.05) is 7.05 Å². The van der Waals surface area contributed by atoms with Gasteiger partial charge in [-0.05, 0) is 42.6 Å². The van der Waals surface area contributed by atoms with Gasteiger partial charge in [0.05, 0.1) is 6.20 Å². The van der Waals surface area contributed by atoms with Gasteiger partial charge in [-0.25, -0.2) is 0 Å². The molecule has 1 aromatic carbocycles. The molecule has 3 heteroatoms. The first-order valence-electron chi connectivity index (χ1n) is 7.28. The van der Waals surface area contributed by atoms with Crippen LogP contribution in [0.3, 0.4) is 0 Å². The molecule has 3 nitrogen and oxygen atoms in total. The number of rotatable bonds is 4. The molecule has 2 aromatic rings. The van der Waals surface area contributed by atoms with Crippen LogP contribution < -0.4 is 10.1 Å². The highest BCUT2D eigenvalue weighted by atomic mass is 16.5.